The van der Waals surface area contributed by atoms with Gasteiger partial charge in [0.25, 0.3) is 0 Å². The molecule has 210 valence electrons. The van der Waals surface area contributed by atoms with Crippen LogP contribution in [0.4, 0.5) is 0 Å². The number of likely N-dealkylation sites (N-methyl/N-ethyl adjacent to an activating group) is 1. The van der Waals surface area contributed by atoms with Crippen LogP contribution in [0.25, 0.3) is 16.9 Å². The highest BCUT2D eigenvalue weighted by molar-refractivity contribution is 6.30. The van der Waals surface area contributed by atoms with Crippen molar-refractivity contribution in [2.24, 2.45) is 0 Å². The largest absolute Gasteiger partial charge is 0.491 e. The van der Waals surface area contributed by atoms with Crippen LogP contribution in [0.5, 0.6) is 17.2 Å². The average molecular weight is 595 g/mol. The highest BCUT2D eigenvalue weighted by atomic mass is 35.5. The second-order valence-corrected chi connectivity index (χ2v) is 8.83. The smallest absolute Gasteiger partial charge is 0.140 e. The standard InChI is InChI=1S/C29H32ClN3O4.2ClH/c1-3-31-17-24(34)19-36-25-11-5-21(6-12-25)28-18-33(29(32-28)20-35-4-2)23-9-15-27(16-10-23)37-26-13-7-22(30)8-14-26;;/h5-16,18,24,31,34H,3-4,17,19-20H2,1-2H3;2*1H/t24-;;/m1../s1. The molecule has 10 heteroatoms. The molecule has 2 N–H and O–H groups in total. The highest BCUT2D eigenvalue weighted by Crippen LogP contribution is 2.27. The number of aromatic nitrogens is 2. The number of ether oxygens (including phenoxy) is 3. The molecule has 0 radical (unpaired) electrons. The van der Waals surface area contributed by atoms with Crippen molar-refractivity contribution < 1.29 is 19.3 Å². The van der Waals surface area contributed by atoms with Crippen molar-refractivity contribution in [3.63, 3.8) is 0 Å². The summed E-state index contributed by atoms with van der Waals surface area (Å²) in [7, 11) is 0. The van der Waals surface area contributed by atoms with Gasteiger partial charge in [0.05, 0.1) is 5.69 Å². The summed E-state index contributed by atoms with van der Waals surface area (Å²) < 4.78 is 19.3. The maximum Gasteiger partial charge on any atom is 0.140 e. The second kappa shape index (κ2) is 16.4. The number of hydrogen-bond acceptors (Lipinski definition) is 6. The molecule has 0 unspecified atom stereocenters. The van der Waals surface area contributed by atoms with E-state index in [0.717, 1.165) is 40.8 Å². The van der Waals surface area contributed by atoms with Gasteiger partial charge in [0, 0.05) is 35.6 Å². The molecule has 0 amide bonds. The topological polar surface area (TPSA) is 77.8 Å². The predicted octanol–water partition coefficient (Wildman–Crippen LogP) is 6.71. The molecule has 39 heavy (non-hydrogen) atoms. The van der Waals surface area contributed by atoms with Crippen LogP contribution < -0.4 is 14.8 Å². The van der Waals surface area contributed by atoms with E-state index in [4.69, 9.17) is 30.8 Å². The second-order valence-electron chi connectivity index (χ2n) is 8.40. The number of imidazole rings is 1. The molecule has 0 aliphatic heterocycles. The third-order valence-corrected chi connectivity index (χ3v) is 5.85. The zero-order valence-electron chi connectivity index (χ0n) is 21.9. The number of benzene rings is 3. The number of nitrogens with zero attached hydrogens (tertiary/aromatic N) is 2. The van der Waals surface area contributed by atoms with Crippen molar-refractivity contribution >= 4 is 36.4 Å². The minimum atomic E-state index is -0.556. The number of rotatable bonds is 13. The molecule has 0 aliphatic carbocycles. The Balaban J connectivity index is 0.00000267. The van der Waals surface area contributed by atoms with Gasteiger partial charge in [-0.3, -0.25) is 0 Å². The van der Waals surface area contributed by atoms with E-state index in [-0.39, 0.29) is 31.4 Å². The Labute approximate surface area is 246 Å². The summed E-state index contributed by atoms with van der Waals surface area (Å²) in [6.07, 6.45) is 1.44. The zero-order valence-corrected chi connectivity index (χ0v) is 24.3. The van der Waals surface area contributed by atoms with E-state index in [0.29, 0.717) is 30.5 Å². The van der Waals surface area contributed by atoms with Gasteiger partial charge in [0.2, 0.25) is 0 Å². The van der Waals surface area contributed by atoms with E-state index >= 15 is 0 Å². The number of hydrogen-bond donors (Lipinski definition) is 2. The van der Waals surface area contributed by atoms with E-state index in [1.54, 1.807) is 12.1 Å². The Morgan fingerprint density at radius 1 is 0.897 bits per heavy atom. The normalized spacial score (nSPS) is 11.3. The third kappa shape index (κ3) is 9.42. The Morgan fingerprint density at radius 2 is 1.51 bits per heavy atom. The summed E-state index contributed by atoms with van der Waals surface area (Å²) in [6, 6.07) is 22.8. The lowest BCUT2D eigenvalue weighted by atomic mass is 10.1. The summed E-state index contributed by atoms with van der Waals surface area (Å²) in [5.41, 5.74) is 2.74. The van der Waals surface area contributed by atoms with E-state index in [2.05, 4.69) is 5.32 Å². The van der Waals surface area contributed by atoms with Gasteiger partial charge in [-0.05, 0) is 86.3 Å². The molecule has 0 fully saturated rings. The van der Waals surface area contributed by atoms with Crippen molar-refractivity contribution in [1.29, 1.82) is 0 Å². The summed E-state index contributed by atoms with van der Waals surface area (Å²) in [5, 5.41) is 13.7. The average Bonchev–Trinajstić information content (AvgIpc) is 3.35. The van der Waals surface area contributed by atoms with Crippen molar-refractivity contribution in [3.05, 3.63) is 89.8 Å². The number of aliphatic hydroxyl groups is 1. The fourth-order valence-corrected chi connectivity index (χ4v) is 3.80. The predicted molar refractivity (Wildman–Crippen MR) is 160 cm³/mol. The molecule has 1 aromatic heterocycles. The van der Waals surface area contributed by atoms with Crippen LogP contribution in [-0.2, 0) is 11.3 Å². The first kappa shape index (κ1) is 32.4. The Hall–Kier alpha value is -2.78. The Bertz CT molecular complexity index is 1250. The molecule has 3 aromatic carbocycles. The van der Waals surface area contributed by atoms with Gasteiger partial charge < -0.3 is 29.2 Å². The fourth-order valence-electron chi connectivity index (χ4n) is 3.67. The summed E-state index contributed by atoms with van der Waals surface area (Å²) >= 11 is 5.96. The van der Waals surface area contributed by atoms with Crippen LogP contribution in [0.2, 0.25) is 5.02 Å². The van der Waals surface area contributed by atoms with Crippen molar-refractivity contribution in [1.82, 2.24) is 14.9 Å². The van der Waals surface area contributed by atoms with Crippen LogP contribution in [0.3, 0.4) is 0 Å². The SMILES string of the molecule is CCNC[C@@H](O)COc1ccc(-c2cn(-c3ccc(Oc4ccc(Cl)cc4)cc3)c(COCC)n2)cc1.Cl.Cl. The van der Waals surface area contributed by atoms with Gasteiger partial charge in [0.1, 0.15) is 42.4 Å². The molecule has 4 rings (SSSR count). The van der Waals surface area contributed by atoms with E-state index in [1.165, 1.54) is 0 Å². The first-order valence-corrected chi connectivity index (χ1v) is 12.8. The zero-order chi connectivity index (χ0) is 26.0. The summed E-state index contributed by atoms with van der Waals surface area (Å²) in [4.78, 5) is 4.84. The monoisotopic (exact) mass is 593 g/mol. The highest BCUT2D eigenvalue weighted by Gasteiger charge is 2.13. The molecular formula is C29H34Cl3N3O4. The molecule has 4 aromatic rings. The fraction of sp³-hybridized carbons (Fsp3) is 0.276. The van der Waals surface area contributed by atoms with Gasteiger partial charge in [0.15, 0.2) is 0 Å². The molecule has 0 saturated heterocycles. The van der Waals surface area contributed by atoms with Crippen LogP contribution in [0.15, 0.2) is 79.0 Å². The van der Waals surface area contributed by atoms with Gasteiger partial charge in [-0.15, -0.1) is 24.8 Å². The van der Waals surface area contributed by atoms with Crippen molar-refractivity contribution in [3.8, 4) is 34.2 Å². The van der Waals surface area contributed by atoms with E-state index < -0.39 is 6.10 Å². The van der Waals surface area contributed by atoms with Gasteiger partial charge in [-0.25, -0.2) is 4.98 Å². The lowest BCUT2D eigenvalue weighted by Gasteiger charge is -2.12. The minimum Gasteiger partial charge on any atom is -0.491 e. The van der Waals surface area contributed by atoms with Crippen LogP contribution >= 0.6 is 36.4 Å². The lowest BCUT2D eigenvalue weighted by Crippen LogP contribution is -2.31. The van der Waals surface area contributed by atoms with Crippen LogP contribution in [0, 0.1) is 0 Å². The molecular weight excluding hydrogens is 561 g/mol. The number of halogens is 3. The molecule has 1 atom stereocenters. The maximum atomic E-state index is 9.96. The summed E-state index contributed by atoms with van der Waals surface area (Å²) in [6.45, 7) is 6.50. The van der Waals surface area contributed by atoms with Gasteiger partial charge >= 0.3 is 0 Å². The Morgan fingerprint density at radius 3 is 2.13 bits per heavy atom. The molecule has 0 bridgehead atoms. The van der Waals surface area contributed by atoms with Crippen LogP contribution in [-0.4, -0.2) is 47.1 Å². The van der Waals surface area contributed by atoms with E-state index in [9.17, 15) is 5.11 Å². The molecule has 0 aliphatic rings. The first-order chi connectivity index (χ1) is 18.1. The van der Waals surface area contributed by atoms with Crippen LogP contribution in [0.1, 0.15) is 19.7 Å². The lowest BCUT2D eigenvalue weighted by molar-refractivity contribution is 0.107. The maximum absolute atomic E-state index is 9.96. The molecule has 1 heterocycles. The quantitative estimate of drug-likeness (QED) is 0.179. The number of nitrogens with one attached hydrogen (secondary N) is 1. The molecule has 7 nitrogen and oxygen atoms in total. The first-order valence-electron chi connectivity index (χ1n) is 12.4. The molecule has 0 spiro atoms. The Kier molecular flexibility index (Phi) is 13.6. The van der Waals surface area contributed by atoms with Gasteiger partial charge in [-0.2, -0.15) is 0 Å². The third-order valence-electron chi connectivity index (χ3n) is 5.60. The molecule has 0 saturated carbocycles. The number of aliphatic hydroxyl groups excluding tert-OH is 1. The van der Waals surface area contributed by atoms with Gasteiger partial charge in [-0.1, -0.05) is 18.5 Å². The van der Waals surface area contributed by atoms with Crippen molar-refractivity contribution in [2.45, 2.75) is 26.6 Å². The van der Waals surface area contributed by atoms with Crippen molar-refractivity contribution in [2.75, 3.05) is 26.3 Å². The van der Waals surface area contributed by atoms with E-state index in [1.807, 2.05) is 85.3 Å². The minimum absolute atomic E-state index is 0. The summed E-state index contributed by atoms with van der Waals surface area (Å²) in [5.74, 6) is 2.95.